The smallest absolute Gasteiger partial charge is 0.213 e. The molecule has 0 radical (unpaired) electrons. The zero-order valence-corrected chi connectivity index (χ0v) is 13.9. The van der Waals surface area contributed by atoms with Crippen molar-refractivity contribution in [3.63, 3.8) is 0 Å². The van der Waals surface area contributed by atoms with E-state index in [4.69, 9.17) is 4.74 Å². The molecule has 5 heteroatoms. The standard InChI is InChI=1S/C19H23FN2O2/c1-2-24-19-8-3-14(11-21-19)12-22-10-9-17(18(23)13-22)15-4-6-16(20)7-5-15/h3-8,11,17-18,23H,2,9-10,12-13H2,1H3/t17-,18+/m1/s1. The Hall–Kier alpha value is -1.98. The second-order valence-corrected chi connectivity index (χ2v) is 6.19. The first-order valence-electron chi connectivity index (χ1n) is 8.39. The van der Waals surface area contributed by atoms with Crippen LogP contribution >= 0.6 is 0 Å². The van der Waals surface area contributed by atoms with Gasteiger partial charge in [-0.05, 0) is 43.1 Å². The highest BCUT2D eigenvalue weighted by atomic mass is 19.1. The number of likely N-dealkylation sites (tertiary alicyclic amines) is 1. The van der Waals surface area contributed by atoms with Gasteiger partial charge in [-0.3, -0.25) is 4.90 Å². The van der Waals surface area contributed by atoms with E-state index in [1.54, 1.807) is 12.1 Å². The van der Waals surface area contributed by atoms with Crippen molar-refractivity contribution in [2.45, 2.75) is 31.9 Å². The molecule has 0 amide bonds. The molecule has 0 bridgehead atoms. The van der Waals surface area contributed by atoms with E-state index in [0.29, 0.717) is 19.0 Å². The lowest BCUT2D eigenvalue weighted by Gasteiger charge is -2.36. The number of benzene rings is 1. The van der Waals surface area contributed by atoms with Gasteiger partial charge in [0.15, 0.2) is 0 Å². The van der Waals surface area contributed by atoms with Crippen molar-refractivity contribution < 1.29 is 14.2 Å². The van der Waals surface area contributed by atoms with Gasteiger partial charge in [-0.2, -0.15) is 0 Å². The average molecular weight is 330 g/mol. The topological polar surface area (TPSA) is 45.6 Å². The van der Waals surface area contributed by atoms with E-state index >= 15 is 0 Å². The Morgan fingerprint density at radius 3 is 2.67 bits per heavy atom. The monoisotopic (exact) mass is 330 g/mol. The van der Waals surface area contributed by atoms with Crippen LogP contribution in [0.4, 0.5) is 4.39 Å². The highest BCUT2D eigenvalue weighted by molar-refractivity contribution is 5.23. The lowest BCUT2D eigenvalue weighted by Crippen LogP contribution is -2.42. The summed E-state index contributed by atoms with van der Waals surface area (Å²) in [6.07, 6.45) is 2.24. The summed E-state index contributed by atoms with van der Waals surface area (Å²) < 4.78 is 18.4. The number of rotatable bonds is 5. The highest BCUT2D eigenvalue weighted by Gasteiger charge is 2.28. The van der Waals surface area contributed by atoms with Crippen molar-refractivity contribution in [2.24, 2.45) is 0 Å². The first kappa shape index (κ1) is 16.9. The van der Waals surface area contributed by atoms with Crippen molar-refractivity contribution in [3.8, 4) is 5.88 Å². The number of aromatic nitrogens is 1. The molecule has 1 aliphatic heterocycles. The van der Waals surface area contributed by atoms with Gasteiger partial charge in [0.25, 0.3) is 0 Å². The fourth-order valence-electron chi connectivity index (χ4n) is 3.24. The maximum Gasteiger partial charge on any atom is 0.213 e. The van der Waals surface area contributed by atoms with Crippen molar-refractivity contribution in [3.05, 3.63) is 59.5 Å². The van der Waals surface area contributed by atoms with E-state index in [-0.39, 0.29) is 11.7 Å². The van der Waals surface area contributed by atoms with Crippen LogP contribution in [0.2, 0.25) is 0 Å². The van der Waals surface area contributed by atoms with Crippen LogP contribution in [-0.2, 0) is 6.54 Å². The van der Waals surface area contributed by atoms with Crippen LogP contribution in [0.1, 0.15) is 30.4 Å². The Morgan fingerprint density at radius 1 is 1.25 bits per heavy atom. The Labute approximate surface area is 141 Å². The molecule has 1 aliphatic rings. The summed E-state index contributed by atoms with van der Waals surface area (Å²) in [4.78, 5) is 6.50. The highest BCUT2D eigenvalue weighted by Crippen LogP contribution is 2.29. The number of hydrogen-bond donors (Lipinski definition) is 1. The third-order valence-electron chi connectivity index (χ3n) is 4.46. The first-order chi connectivity index (χ1) is 11.7. The molecule has 1 aromatic carbocycles. The van der Waals surface area contributed by atoms with Crippen LogP contribution in [-0.4, -0.2) is 40.8 Å². The molecule has 128 valence electrons. The molecule has 0 saturated carbocycles. The Balaban J connectivity index is 1.58. The number of hydrogen-bond acceptors (Lipinski definition) is 4. The molecule has 2 atom stereocenters. The molecule has 2 aromatic rings. The summed E-state index contributed by atoms with van der Waals surface area (Å²) in [5.41, 5.74) is 2.11. The Morgan fingerprint density at radius 2 is 2.04 bits per heavy atom. The van der Waals surface area contributed by atoms with Gasteiger partial charge in [-0.15, -0.1) is 0 Å². The average Bonchev–Trinajstić information content (AvgIpc) is 2.58. The molecular formula is C19H23FN2O2. The fourth-order valence-corrected chi connectivity index (χ4v) is 3.24. The third kappa shape index (κ3) is 4.10. The molecule has 0 spiro atoms. The van der Waals surface area contributed by atoms with Crippen molar-refractivity contribution >= 4 is 0 Å². The zero-order valence-electron chi connectivity index (χ0n) is 13.9. The third-order valence-corrected chi connectivity index (χ3v) is 4.46. The predicted octanol–water partition coefficient (Wildman–Crippen LogP) is 2.97. The second-order valence-electron chi connectivity index (χ2n) is 6.19. The SMILES string of the molecule is CCOc1ccc(CN2CC[C@H](c3ccc(F)cc3)[C@@H](O)C2)cn1. The summed E-state index contributed by atoms with van der Waals surface area (Å²) in [5, 5.41) is 10.5. The summed E-state index contributed by atoms with van der Waals surface area (Å²) in [6.45, 7) is 4.80. The zero-order chi connectivity index (χ0) is 16.9. The minimum atomic E-state index is -0.445. The van der Waals surface area contributed by atoms with Crippen LogP contribution in [0.15, 0.2) is 42.6 Å². The normalized spacial score (nSPS) is 21.6. The lowest BCUT2D eigenvalue weighted by atomic mass is 9.87. The molecule has 24 heavy (non-hydrogen) atoms. The van der Waals surface area contributed by atoms with Gasteiger partial charge in [0.2, 0.25) is 5.88 Å². The molecule has 2 heterocycles. The molecule has 1 N–H and O–H groups in total. The Bertz CT molecular complexity index is 645. The summed E-state index contributed by atoms with van der Waals surface area (Å²) in [7, 11) is 0. The number of halogens is 1. The van der Waals surface area contributed by atoms with Crippen LogP contribution in [0.25, 0.3) is 0 Å². The lowest BCUT2D eigenvalue weighted by molar-refractivity contribution is 0.0476. The second kappa shape index (κ2) is 7.73. The fraction of sp³-hybridized carbons (Fsp3) is 0.421. The number of ether oxygens (including phenoxy) is 1. The van der Waals surface area contributed by atoms with Crippen LogP contribution in [0.3, 0.4) is 0 Å². The van der Waals surface area contributed by atoms with Gasteiger partial charge in [0, 0.05) is 31.3 Å². The van der Waals surface area contributed by atoms with Gasteiger partial charge in [-0.25, -0.2) is 9.37 Å². The molecule has 0 unspecified atom stereocenters. The number of pyridine rings is 1. The minimum Gasteiger partial charge on any atom is -0.478 e. The van der Waals surface area contributed by atoms with Crippen molar-refractivity contribution in [1.82, 2.24) is 9.88 Å². The van der Waals surface area contributed by atoms with Gasteiger partial charge in [0.1, 0.15) is 5.82 Å². The van der Waals surface area contributed by atoms with E-state index in [9.17, 15) is 9.50 Å². The molecule has 4 nitrogen and oxygen atoms in total. The number of nitrogens with zero attached hydrogens (tertiary/aromatic N) is 2. The number of aliphatic hydroxyl groups excluding tert-OH is 1. The summed E-state index contributed by atoms with van der Waals surface area (Å²) in [6, 6.07) is 10.3. The summed E-state index contributed by atoms with van der Waals surface area (Å²) >= 11 is 0. The number of β-amino-alcohol motifs (C(OH)–C–C–N with tert-alkyl or cyclic N) is 1. The molecule has 1 aromatic heterocycles. The van der Waals surface area contributed by atoms with Gasteiger partial charge < -0.3 is 9.84 Å². The van der Waals surface area contributed by atoms with Crippen LogP contribution < -0.4 is 4.74 Å². The van der Waals surface area contributed by atoms with Crippen LogP contribution in [0, 0.1) is 5.82 Å². The number of piperidine rings is 1. The molecule has 0 aliphatic carbocycles. The quantitative estimate of drug-likeness (QED) is 0.915. The maximum absolute atomic E-state index is 13.0. The molecule has 1 fully saturated rings. The first-order valence-corrected chi connectivity index (χ1v) is 8.39. The van der Waals surface area contributed by atoms with Gasteiger partial charge >= 0.3 is 0 Å². The number of aliphatic hydroxyl groups is 1. The van der Waals surface area contributed by atoms with Crippen LogP contribution in [0.5, 0.6) is 5.88 Å². The van der Waals surface area contributed by atoms with Crippen molar-refractivity contribution in [1.29, 1.82) is 0 Å². The van der Waals surface area contributed by atoms with E-state index in [1.165, 1.54) is 12.1 Å². The Kier molecular flexibility index (Phi) is 5.43. The summed E-state index contributed by atoms with van der Waals surface area (Å²) in [5.74, 6) is 0.463. The van der Waals surface area contributed by atoms with E-state index in [0.717, 1.165) is 30.6 Å². The van der Waals surface area contributed by atoms with E-state index in [1.807, 2.05) is 25.3 Å². The van der Waals surface area contributed by atoms with Crippen molar-refractivity contribution in [2.75, 3.05) is 19.7 Å². The largest absolute Gasteiger partial charge is 0.478 e. The molecule has 1 saturated heterocycles. The van der Waals surface area contributed by atoms with E-state index < -0.39 is 6.10 Å². The van der Waals surface area contributed by atoms with Gasteiger partial charge in [-0.1, -0.05) is 18.2 Å². The molecule has 3 rings (SSSR count). The van der Waals surface area contributed by atoms with E-state index in [2.05, 4.69) is 9.88 Å². The minimum absolute atomic E-state index is 0.0697. The predicted molar refractivity (Wildman–Crippen MR) is 90.4 cm³/mol. The maximum atomic E-state index is 13.0. The molecular weight excluding hydrogens is 307 g/mol. The van der Waals surface area contributed by atoms with Gasteiger partial charge in [0.05, 0.1) is 12.7 Å².